The SMILES string of the molecule is CCOC(=O)C1=C([C@@H]2CCCN2C(=O)OC(C)(C)C)NC(CCc2ccc(F)cc2)=C(c2n[nH]c(=O)o2)C1c1cc2cc(C(F)(F)F)nc(N[C@@H]3CCc4c(OC)cccc43)c2s1. The number of allylic oxidation sites excluding steroid dienone is 2. The highest BCUT2D eigenvalue weighted by atomic mass is 32.1. The van der Waals surface area contributed by atoms with Crippen LogP contribution in [0.2, 0.25) is 0 Å². The average molecular weight is 891 g/mol. The summed E-state index contributed by atoms with van der Waals surface area (Å²) in [6.07, 6.45) is -2.70. The standard InChI is InChI=1S/C45H46F4N6O7S/c1-6-60-41(56)36-35(32-21-24-22-33(45(47,48)49)52-39(38(24)63-32)51-28-19-17-27-26(28)9-7-11-31(27)59-5)34(40-53-54-42(57)61-40)29(18-14-23-12-15-25(46)16-13-23)50-37(36)30-10-8-20-55(30)43(58)62-44(2,3)4/h7,9,11-13,15-16,21-22,28,30,35,50H,6,8,10,14,17-20H2,1-5H3,(H,51,52)(H,54,57)/t28-,30+,35?/m1/s1. The number of amides is 1. The second kappa shape index (κ2) is 17.2. The van der Waals surface area contributed by atoms with Crippen molar-refractivity contribution in [2.75, 3.05) is 25.6 Å². The van der Waals surface area contributed by atoms with Gasteiger partial charge in [-0.25, -0.2) is 28.9 Å². The first-order valence-electron chi connectivity index (χ1n) is 20.7. The van der Waals surface area contributed by atoms with Gasteiger partial charge in [0.25, 0.3) is 0 Å². The maximum atomic E-state index is 14.7. The van der Waals surface area contributed by atoms with E-state index in [2.05, 4.69) is 25.8 Å². The van der Waals surface area contributed by atoms with Crippen molar-refractivity contribution in [2.45, 2.75) is 96.0 Å². The molecule has 0 spiro atoms. The third-order valence-corrected chi connectivity index (χ3v) is 12.5. The summed E-state index contributed by atoms with van der Waals surface area (Å²) >= 11 is 1.12. The number of hydrogen-bond donors (Lipinski definition) is 3. The summed E-state index contributed by atoms with van der Waals surface area (Å²) in [7, 11) is 1.57. The Hall–Kier alpha value is -6.17. The number of rotatable bonds is 11. The largest absolute Gasteiger partial charge is 0.496 e. The fourth-order valence-electron chi connectivity index (χ4n) is 8.66. The highest BCUT2D eigenvalue weighted by Gasteiger charge is 2.45. The molecule has 2 aromatic carbocycles. The second-order valence-corrected chi connectivity index (χ2v) is 17.6. The number of carbonyl (C=O) groups is 2. The van der Waals surface area contributed by atoms with Gasteiger partial charge in [0.15, 0.2) is 0 Å². The van der Waals surface area contributed by atoms with Crippen molar-refractivity contribution < 1.29 is 45.8 Å². The number of carbonyl (C=O) groups excluding carboxylic acids is 2. The number of halogens is 4. The van der Waals surface area contributed by atoms with Crippen LogP contribution in [0, 0.1) is 5.82 Å². The van der Waals surface area contributed by atoms with Crippen molar-refractivity contribution >= 4 is 44.9 Å². The number of likely N-dealkylation sites (tertiary alicyclic amines) is 1. The van der Waals surface area contributed by atoms with Crippen LogP contribution in [0.1, 0.15) is 98.5 Å². The summed E-state index contributed by atoms with van der Waals surface area (Å²) in [6.45, 7) is 7.16. The molecule has 13 nitrogen and oxygen atoms in total. The Morgan fingerprint density at radius 1 is 1.06 bits per heavy atom. The average Bonchev–Trinajstić information content (AvgIpc) is 4.06. The molecule has 8 rings (SSSR count). The molecule has 1 aliphatic carbocycles. The molecule has 0 saturated carbocycles. The minimum absolute atomic E-state index is 0.00664. The predicted molar refractivity (Wildman–Crippen MR) is 227 cm³/mol. The van der Waals surface area contributed by atoms with E-state index >= 15 is 0 Å². The minimum atomic E-state index is -4.81. The number of ether oxygens (including phenoxy) is 3. The number of aromatic amines is 1. The van der Waals surface area contributed by atoms with Crippen LogP contribution in [-0.4, -0.2) is 64.0 Å². The zero-order valence-corrected chi connectivity index (χ0v) is 36.0. The third-order valence-electron chi connectivity index (χ3n) is 11.3. The Bertz CT molecular complexity index is 2680. The molecular weight excluding hydrogens is 845 g/mol. The molecule has 3 aliphatic rings. The van der Waals surface area contributed by atoms with Crippen molar-refractivity contribution in [3.05, 3.63) is 121 Å². The number of pyridine rings is 1. The zero-order chi connectivity index (χ0) is 44.8. The van der Waals surface area contributed by atoms with Crippen molar-refractivity contribution in [2.24, 2.45) is 0 Å². The number of esters is 1. The summed E-state index contributed by atoms with van der Waals surface area (Å²) < 4.78 is 81.1. The van der Waals surface area contributed by atoms with E-state index in [0.717, 1.165) is 34.1 Å². The molecule has 0 radical (unpaired) electrons. The van der Waals surface area contributed by atoms with Gasteiger partial charge in [0, 0.05) is 28.4 Å². The first-order chi connectivity index (χ1) is 30.0. The lowest BCUT2D eigenvalue weighted by atomic mass is 9.81. The van der Waals surface area contributed by atoms with Crippen LogP contribution in [-0.2, 0) is 33.3 Å². The Morgan fingerprint density at radius 3 is 2.52 bits per heavy atom. The number of thiophene rings is 1. The summed E-state index contributed by atoms with van der Waals surface area (Å²) in [6, 6.07) is 12.9. The Kier molecular flexibility index (Phi) is 11.9. The summed E-state index contributed by atoms with van der Waals surface area (Å²) in [5, 5.41) is 13.5. The molecule has 5 heterocycles. The molecule has 3 N–H and O–H groups in total. The number of methoxy groups -OCH3 is 1. The lowest BCUT2D eigenvalue weighted by Crippen LogP contribution is -2.45. The molecular formula is C45H46F4N6O7S. The number of H-pyrrole nitrogens is 1. The van der Waals surface area contributed by atoms with Gasteiger partial charge in [-0.2, -0.15) is 13.2 Å². The van der Waals surface area contributed by atoms with Crippen LogP contribution in [0.25, 0.3) is 15.7 Å². The Balaban J connectivity index is 1.35. The molecule has 3 atom stereocenters. The molecule has 1 amide bonds. The highest BCUT2D eigenvalue weighted by Crippen LogP contribution is 2.51. The van der Waals surface area contributed by atoms with Crippen LogP contribution in [0.15, 0.2) is 80.8 Å². The monoisotopic (exact) mass is 890 g/mol. The van der Waals surface area contributed by atoms with Gasteiger partial charge in [0.2, 0.25) is 5.89 Å². The quantitative estimate of drug-likeness (QED) is 0.0857. The number of dihydropyridines is 1. The van der Waals surface area contributed by atoms with E-state index in [9.17, 15) is 31.9 Å². The van der Waals surface area contributed by atoms with E-state index in [1.807, 2.05) is 18.2 Å². The van der Waals surface area contributed by atoms with E-state index in [1.165, 1.54) is 12.1 Å². The van der Waals surface area contributed by atoms with E-state index in [0.29, 0.717) is 65.4 Å². The number of aryl methyl sites for hydroxylation is 1. The number of aromatic nitrogens is 3. The van der Waals surface area contributed by atoms with E-state index in [-0.39, 0.29) is 41.3 Å². The number of hydrogen-bond acceptors (Lipinski definition) is 12. The molecule has 5 aromatic rings. The van der Waals surface area contributed by atoms with E-state index in [1.54, 1.807) is 57.9 Å². The van der Waals surface area contributed by atoms with Gasteiger partial charge < -0.3 is 29.3 Å². The number of nitrogens with one attached hydrogen (secondary N) is 3. The Labute approximate surface area is 363 Å². The number of nitrogens with zero attached hydrogens (tertiary/aromatic N) is 3. The molecule has 18 heteroatoms. The molecule has 3 aromatic heterocycles. The van der Waals surface area contributed by atoms with Crippen molar-refractivity contribution in [1.29, 1.82) is 0 Å². The van der Waals surface area contributed by atoms with Gasteiger partial charge in [-0.15, -0.1) is 16.4 Å². The fourth-order valence-corrected chi connectivity index (χ4v) is 9.87. The minimum Gasteiger partial charge on any atom is -0.496 e. The second-order valence-electron chi connectivity index (χ2n) is 16.6. The van der Waals surface area contributed by atoms with Crippen LogP contribution < -0.4 is 21.1 Å². The number of fused-ring (bicyclic) bond motifs is 2. The Morgan fingerprint density at radius 2 is 1.84 bits per heavy atom. The first kappa shape index (κ1) is 43.5. The third kappa shape index (κ3) is 8.90. The van der Waals surface area contributed by atoms with Crippen LogP contribution in [0.5, 0.6) is 5.75 Å². The van der Waals surface area contributed by atoms with Gasteiger partial charge in [-0.3, -0.25) is 4.90 Å². The maximum absolute atomic E-state index is 14.7. The predicted octanol–water partition coefficient (Wildman–Crippen LogP) is 9.19. The molecule has 2 aliphatic heterocycles. The molecule has 332 valence electrons. The maximum Gasteiger partial charge on any atom is 0.434 e. The smallest absolute Gasteiger partial charge is 0.434 e. The van der Waals surface area contributed by atoms with E-state index in [4.69, 9.17) is 18.6 Å². The highest BCUT2D eigenvalue weighted by molar-refractivity contribution is 7.19. The van der Waals surface area contributed by atoms with E-state index < -0.39 is 59.1 Å². The summed E-state index contributed by atoms with van der Waals surface area (Å²) in [5.74, 6) is -2.73. The summed E-state index contributed by atoms with van der Waals surface area (Å²) in [5.41, 5.74) is 1.69. The topological polar surface area (TPSA) is 161 Å². The van der Waals surface area contributed by atoms with Crippen LogP contribution in [0.3, 0.4) is 0 Å². The molecule has 1 fully saturated rings. The molecule has 1 unspecified atom stereocenters. The number of alkyl halides is 3. The van der Waals surface area contributed by atoms with Crippen molar-refractivity contribution in [1.82, 2.24) is 25.4 Å². The van der Waals surface area contributed by atoms with Crippen molar-refractivity contribution in [3.63, 3.8) is 0 Å². The van der Waals surface area contributed by atoms with Gasteiger partial charge in [0.1, 0.15) is 28.7 Å². The summed E-state index contributed by atoms with van der Waals surface area (Å²) in [4.78, 5) is 47.2. The lowest BCUT2D eigenvalue weighted by molar-refractivity contribution is -0.141. The van der Waals surface area contributed by atoms with Crippen LogP contribution >= 0.6 is 11.3 Å². The van der Waals surface area contributed by atoms with Crippen LogP contribution in [0.4, 0.5) is 28.2 Å². The normalized spacial score (nSPS) is 19.1. The van der Waals surface area contributed by atoms with Crippen molar-refractivity contribution in [3.8, 4) is 5.75 Å². The zero-order valence-electron chi connectivity index (χ0n) is 35.2. The van der Waals surface area contributed by atoms with Gasteiger partial charge in [-0.05, 0) is 119 Å². The first-order valence-corrected chi connectivity index (χ1v) is 21.5. The molecule has 0 bridgehead atoms. The number of benzene rings is 2. The fraction of sp³-hybridized carbons (Fsp3) is 0.400. The van der Waals surface area contributed by atoms with Gasteiger partial charge >= 0.3 is 24.0 Å². The molecule has 63 heavy (non-hydrogen) atoms. The number of anilines is 1. The molecule has 1 saturated heterocycles. The van der Waals surface area contributed by atoms with Gasteiger partial charge in [-0.1, -0.05) is 24.3 Å². The lowest BCUT2D eigenvalue weighted by Gasteiger charge is -2.37. The van der Waals surface area contributed by atoms with Gasteiger partial charge in [0.05, 0.1) is 42.0 Å².